The molecule has 2 aromatic rings. The number of carbonyl (C=O) groups excluding carboxylic acids is 2. The monoisotopic (exact) mass is 366 g/mol. The minimum Gasteiger partial charge on any atom is -0.338 e. The molecule has 2 atom stereocenters. The first-order chi connectivity index (χ1) is 13.0. The molecule has 3 fully saturated rings. The van der Waals surface area contributed by atoms with Crippen LogP contribution >= 0.6 is 0 Å². The molecule has 0 saturated carbocycles. The lowest BCUT2D eigenvalue weighted by Crippen LogP contribution is -2.48. The van der Waals surface area contributed by atoms with Gasteiger partial charge in [-0.15, -0.1) is 0 Å². The van der Waals surface area contributed by atoms with Gasteiger partial charge in [0, 0.05) is 25.7 Å². The molecule has 3 aliphatic rings. The Hall–Kier alpha value is -2.63. The molecular weight excluding hydrogens is 340 g/mol. The summed E-state index contributed by atoms with van der Waals surface area (Å²) >= 11 is 0. The average Bonchev–Trinajstić information content (AvgIpc) is 2.85. The standard InChI is InChI=1S/C21H26N4O2/c1-15(2)9-10-25-17-8-7-16(21(25)27)11-23(12-17)20(26)13-24-14-22-18-5-3-4-6-19(18)24/h3-6,9,14,16-17H,7-8,10-13H2,1-2H3/t16-,17+/m0/s1. The second kappa shape index (κ2) is 7.18. The molecule has 0 radical (unpaired) electrons. The van der Waals surface area contributed by atoms with Gasteiger partial charge < -0.3 is 14.4 Å². The molecule has 0 unspecified atom stereocenters. The number of piperidine rings is 1. The maximum absolute atomic E-state index is 13.0. The predicted octanol–water partition coefficient (Wildman–Crippen LogP) is 2.45. The van der Waals surface area contributed by atoms with Crippen LogP contribution in [0.3, 0.4) is 0 Å². The minimum atomic E-state index is -0.0715. The third-order valence-electron chi connectivity index (χ3n) is 5.68. The zero-order valence-electron chi connectivity index (χ0n) is 16.0. The summed E-state index contributed by atoms with van der Waals surface area (Å²) in [6.07, 6.45) is 5.68. The highest BCUT2D eigenvalue weighted by Gasteiger charge is 2.41. The van der Waals surface area contributed by atoms with Gasteiger partial charge in [0.05, 0.1) is 23.3 Å². The molecule has 3 saturated heterocycles. The first-order valence-electron chi connectivity index (χ1n) is 9.64. The summed E-state index contributed by atoms with van der Waals surface area (Å²) in [5.41, 5.74) is 3.07. The van der Waals surface area contributed by atoms with Gasteiger partial charge in [0.15, 0.2) is 0 Å². The molecule has 0 spiro atoms. The van der Waals surface area contributed by atoms with Gasteiger partial charge in [0.2, 0.25) is 11.8 Å². The van der Waals surface area contributed by atoms with Gasteiger partial charge in [0.1, 0.15) is 6.54 Å². The number of hydrogen-bond acceptors (Lipinski definition) is 3. The van der Waals surface area contributed by atoms with Crippen molar-refractivity contribution in [3.8, 4) is 0 Å². The largest absolute Gasteiger partial charge is 0.338 e. The fourth-order valence-corrected chi connectivity index (χ4v) is 4.15. The van der Waals surface area contributed by atoms with E-state index in [1.54, 1.807) is 6.33 Å². The van der Waals surface area contributed by atoms with Crippen LogP contribution in [0.2, 0.25) is 0 Å². The van der Waals surface area contributed by atoms with E-state index in [4.69, 9.17) is 0 Å². The van der Waals surface area contributed by atoms with E-state index in [9.17, 15) is 9.59 Å². The van der Waals surface area contributed by atoms with Gasteiger partial charge in [-0.1, -0.05) is 23.8 Å². The third-order valence-corrected chi connectivity index (χ3v) is 5.68. The van der Waals surface area contributed by atoms with Crippen molar-refractivity contribution in [1.82, 2.24) is 19.4 Å². The fraction of sp³-hybridized carbons (Fsp3) is 0.476. The summed E-state index contributed by atoms with van der Waals surface area (Å²) in [6.45, 7) is 6.17. The molecule has 5 rings (SSSR count). The van der Waals surface area contributed by atoms with E-state index in [1.807, 2.05) is 52.5 Å². The van der Waals surface area contributed by atoms with Crippen molar-refractivity contribution in [1.29, 1.82) is 0 Å². The van der Waals surface area contributed by atoms with E-state index in [0.717, 1.165) is 23.9 Å². The van der Waals surface area contributed by atoms with Crippen LogP contribution in [-0.2, 0) is 16.1 Å². The third kappa shape index (κ3) is 3.48. The lowest BCUT2D eigenvalue weighted by Gasteiger charge is -2.35. The molecule has 0 aliphatic carbocycles. The van der Waals surface area contributed by atoms with Crippen LogP contribution in [0.15, 0.2) is 42.2 Å². The van der Waals surface area contributed by atoms with Crippen LogP contribution in [0.5, 0.6) is 0 Å². The number of benzene rings is 1. The van der Waals surface area contributed by atoms with E-state index in [-0.39, 0.29) is 30.3 Å². The average molecular weight is 366 g/mol. The Balaban J connectivity index is 1.50. The van der Waals surface area contributed by atoms with Crippen molar-refractivity contribution in [3.63, 3.8) is 0 Å². The van der Waals surface area contributed by atoms with Gasteiger partial charge in [-0.25, -0.2) is 4.98 Å². The predicted molar refractivity (Wildman–Crippen MR) is 104 cm³/mol. The Labute approximate surface area is 159 Å². The topological polar surface area (TPSA) is 58.4 Å². The molecule has 142 valence electrons. The van der Waals surface area contributed by atoms with Crippen molar-refractivity contribution < 1.29 is 9.59 Å². The second-order valence-corrected chi connectivity index (χ2v) is 7.86. The summed E-state index contributed by atoms with van der Waals surface area (Å²) < 4.78 is 1.90. The van der Waals surface area contributed by atoms with Gasteiger partial charge >= 0.3 is 0 Å². The van der Waals surface area contributed by atoms with Crippen molar-refractivity contribution in [3.05, 3.63) is 42.2 Å². The zero-order valence-corrected chi connectivity index (χ0v) is 16.0. The van der Waals surface area contributed by atoms with Crippen LogP contribution in [0.1, 0.15) is 26.7 Å². The van der Waals surface area contributed by atoms with Crippen LogP contribution in [-0.4, -0.2) is 56.8 Å². The van der Waals surface area contributed by atoms with E-state index < -0.39 is 0 Å². The first kappa shape index (κ1) is 17.8. The zero-order chi connectivity index (χ0) is 19.0. The molecule has 2 amide bonds. The molecule has 1 aromatic carbocycles. The number of fused-ring (bicyclic) bond motifs is 5. The quantitative estimate of drug-likeness (QED) is 0.781. The number of amides is 2. The first-order valence-corrected chi connectivity index (χ1v) is 9.64. The van der Waals surface area contributed by atoms with E-state index in [0.29, 0.717) is 19.6 Å². The van der Waals surface area contributed by atoms with E-state index in [2.05, 4.69) is 11.1 Å². The molecule has 27 heavy (non-hydrogen) atoms. The van der Waals surface area contributed by atoms with Crippen molar-refractivity contribution in [2.45, 2.75) is 39.3 Å². The molecule has 1 aromatic heterocycles. The number of allylic oxidation sites excluding steroid dienone is 1. The smallest absolute Gasteiger partial charge is 0.242 e. The van der Waals surface area contributed by atoms with Gasteiger partial charge in [0.25, 0.3) is 0 Å². The molecule has 6 nitrogen and oxygen atoms in total. The lowest BCUT2D eigenvalue weighted by molar-refractivity contribution is -0.139. The normalized spacial score (nSPS) is 22.2. The molecule has 2 bridgehead atoms. The van der Waals surface area contributed by atoms with Crippen molar-refractivity contribution in [2.75, 3.05) is 19.6 Å². The molecule has 0 N–H and O–H groups in total. The Morgan fingerprint density at radius 2 is 2.04 bits per heavy atom. The molecule has 3 aliphatic heterocycles. The Bertz CT molecular complexity index is 896. The summed E-state index contributed by atoms with van der Waals surface area (Å²) in [4.78, 5) is 34.0. The van der Waals surface area contributed by atoms with Crippen LogP contribution in [0.4, 0.5) is 0 Å². The number of rotatable bonds is 4. The highest BCUT2D eigenvalue weighted by Crippen LogP contribution is 2.29. The highest BCUT2D eigenvalue weighted by atomic mass is 16.2. The van der Waals surface area contributed by atoms with Crippen LogP contribution < -0.4 is 0 Å². The van der Waals surface area contributed by atoms with Crippen LogP contribution in [0, 0.1) is 5.92 Å². The van der Waals surface area contributed by atoms with Gasteiger partial charge in [-0.3, -0.25) is 9.59 Å². The highest BCUT2D eigenvalue weighted by molar-refractivity contribution is 5.84. The summed E-state index contributed by atoms with van der Waals surface area (Å²) in [7, 11) is 0. The Morgan fingerprint density at radius 1 is 1.22 bits per heavy atom. The molecular formula is C21H26N4O2. The summed E-state index contributed by atoms with van der Waals surface area (Å²) in [5, 5.41) is 0. The lowest BCUT2D eigenvalue weighted by atomic mass is 9.94. The van der Waals surface area contributed by atoms with Crippen molar-refractivity contribution >= 4 is 22.8 Å². The SMILES string of the molecule is CC(C)=CCN1C(=O)[C@H]2CC[C@@H]1CN(C(=O)Cn1cnc3ccccc31)C2. The minimum absolute atomic E-state index is 0.0620. The number of imidazole rings is 1. The maximum Gasteiger partial charge on any atom is 0.242 e. The number of carbonyl (C=O) groups is 2. The van der Waals surface area contributed by atoms with Gasteiger partial charge in [-0.05, 0) is 38.8 Å². The Kier molecular flexibility index (Phi) is 4.72. The number of nitrogens with zero attached hydrogens (tertiary/aromatic N) is 4. The van der Waals surface area contributed by atoms with E-state index in [1.165, 1.54) is 5.57 Å². The van der Waals surface area contributed by atoms with Crippen LogP contribution in [0.25, 0.3) is 11.0 Å². The number of hydrogen-bond donors (Lipinski definition) is 0. The molecule has 4 heterocycles. The number of para-hydroxylation sites is 2. The summed E-state index contributed by atoms with van der Waals surface area (Å²) in [6, 6.07) is 7.95. The van der Waals surface area contributed by atoms with Gasteiger partial charge in [-0.2, -0.15) is 0 Å². The van der Waals surface area contributed by atoms with E-state index >= 15 is 0 Å². The Morgan fingerprint density at radius 3 is 2.85 bits per heavy atom. The fourth-order valence-electron chi connectivity index (χ4n) is 4.15. The number of aromatic nitrogens is 2. The summed E-state index contributed by atoms with van der Waals surface area (Å²) in [5.74, 6) is 0.192. The second-order valence-electron chi connectivity index (χ2n) is 7.86. The van der Waals surface area contributed by atoms with Crippen molar-refractivity contribution in [2.24, 2.45) is 5.92 Å². The maximum atomic E-state index is 13.0. The molecule has 6 heteroatoms.